The molecular formula is C17H15F3N6O2. The van der Waals surface area contributed by atoms with Crippen molar-refractivity contribution in [3.8, 4) is 0 Å². The van der Waals surface area contributed by atoms with Crippen LogP contribution in [-0.2, 0) is 19.1 Å². The molecule has 11 heteroatoms. The first kappa shape index (κ1) is 18.1. The van der Waals surface area contributed by atoms with Crippen LogP contribution in [0.15, 0.2) is 23.0 Å². The summed E-state index contributed by atoms with van der Waals surface area (Å²) in [5.74, 6) is -1.83. The van der Waals surface area contributed by atoms with E-state index in [1.807, 2.05) is 0 Å². The second-order valence-corrected chi connectivity index (χ2v) is 6.49. The van der Waals surface area contributed by atoms with E-state index in [-0.39, 0.29) is 11.1 Å². The Morgan fingerprint density at radius 1 is 1.18 bits per heavy atom. The topological polar surface area (TPSA) is 106 Å². The molecule has 8 nitrogen and oxygen atoms in total. The highest BCUT2D eigenvalue weighted by atomic mass is 19.4. The van der Waals surface area contributed by atoms with Crippen LogP contribution < -0.4 is 10.9 Å². The molecule has 0 spiro atoms. The number of hydrogen-bond donors (Lipinski definition) is 2. The second kappa shape index (κ2) is 6.73. The number of hydrogen-bond acceptors (Lipinski definition) is 5. The summed E-state index contributed by atoms with van der Waals surface area (Å²) in [4.78, 5) is 32.8. The highest BCUT2D eigenvalue weighted by Crippen LogP contribution is 2.26. The Morgan fingerprint density at radius 2 is 2.00 bits per heavy atom. The van der Waals surface area contributed by atoms with Crippen molar-refractivity contribution >= 4 is 22.8 Å². The molecule has 3 aromatic rings. The SMILES string of the molecule is O=C(Nc1n[nH]c(C(F)(F)F)n1)c1ccc2c(=O)n3c(nc2c1)CCCCC3. The summed E-state index contributed by atoms with van der Waals surface area (Å²) in [7, 11) is 0. The number of amides is 1. The van der Waals surface area contributed by atoms with Gasteiger partial charge in [0.15, 0.2) is 0 Å². The van der Waals surface area contributed by atoms with Crippen LogP contribution >= 0.6 is 0 Å². The number of rotatable bonds is 2. The fraction of sp³-hybridized carbons (Fsp3) is 0.353. The Hall–Kier alpha value is -3.24. The van der Waals surface area contributed by atoms with Crippen molar-refractivity contribution in [2.75, 3.05) is 5.32 Å². The van der Waals surface area contributed by atoms with E-state index in [1.54, 1.807) is 9.67 Å². The molecule has 1 amide bonds. The number of H-pyrrole nitrogens is 1. The third kappa shape index (κ3) is 3.35. The maximum Gasteiger partial charge on any atom is 0.451 e. The molecule has 0 saturated carbocycles. The quantitative estimate of drug-likeness (QED) is 0.697. The Balaban J connectivity index is 1.65. The number of alkyl halides is 3. The lowest BCUT2D eigenvalue weighted by Crippen LogP contribution is -2.24. The molecule has 0 radical (unpaired) electrons. The van der Waals surface area contributed by atoms with Crippen LogP contribution in [0.3, 0.4) is 0 Å². The van der Waals surface area contributed by atoms with Crippen LogP contribution in [-0.4, -0.2) is 30.6 Å². The summed E-state index contributed by atoms with van der Waals surface area (Å²) in [5, 5.41) is 7.65. The molecule has 1 aliphatic heterocycles. The van der Waals surface area contributed by atoms with Crippen molar-refractivity contribution in [2.45, 2.75) is 38.4 Å². The molecule has 0 fully saturated rings. The minimum absolute atomic E-state index is 0.135. The second-order valence-electron chi connectivity index (χ2n) is 6.49. The van der Waals surface area contributed by atoms with Crippen LogP contribution in [0.5, 0.6) is 0 Å². The number of benzene rings is 1. The van der Waals surface area contributed by atoms with Crippen molar-refractivity contribution in [2.24, 2.45) is 0 Å². The molecule has 2 aromatic heterocycles. The molecule has 146 valence electrons. The van der Waals surface area contributed by atoms with Gasteiger partial charge in [-0.1, -0.05) is 6.42 Å². The average Bonchev–Trinajstić information content (AvgIpc) is 2.99. The monoisotopic (exact) mass is 392 g/mol. The molecule has 4 rings (SSSR count). The Morgan fingerprint density at radius 3 is 2.75 bits per heavy atom. The number of aromatic nitrogens is 5. The van der Waals surface area contributed by atoms with Gasteiger partial charge in [0.2, 0.25) is 11.8 Å². The number of nitrogens with zero attached hydrogens (tertiary/aromatic N) is 4. The van der Waals surface area contributed by atoms with Gasteiger partial charge < -0.3 is 0 Å². The fourth-order valence-electron chi connectivity index (χ4n) is 3.18. The first-order valence-electron chi connectivity index (χ1n) is 8.67. The zero-order valence-electron chi connectivity index (χ0n) is 14.5. The van der Waals surface area contributed by atoms with E-state index in [2.05, 4.69) is 20.4 Å². The molecule has 0 saturated heterocycles. The lowest BCUT2D eigenvalue weighted by Gasteiger charge is -2.10. The van der Waals surface area contributed by atoms with Gasteiger partial charge in [0.25, 0.3) is 11.5 Å². The number of nitrogens with one attached hydrogen (secondary N) is 2. The molecule has 0 aliphatic carbocycles. The van der Waals surface area contributed by atoms with E-state index in [0.717, 1.165) is 19.3 Å². The molecule has 1 aliphatic rings. The van der Waals surface area contributed by atoms with Gasteiger partial charge in [-0.2, -0.15) is 18.2 Å². The van der Waals surface area contributed by atoms with Gasteiger partial charge >= 0.3 is 6.18 Å². The summed E-state index contributed by atoms with van der Waals surface area (Å²) in [5.41, 5.74) is 0.353. The minimum Gasteiger partial charge on any atom is -0.296 e. The normalized spacial score (nSPS) is 14.5. The summed E-state index contributed by atoms with van der Waals surface area (Å²) < 4.78 is 39.3. The van der Waals surface area contributed by atoms with Crippen molar-refractivity contribution in [3.05, 3.63) is 45.8 Å². The number of fused-ring (bicyclic) bond motifs is 2. The number of halogens is 3. The fourth-order valence-corrected chi connectivity index (χ4v) is 3.18. The van der Waals surface area contributed by atoms with Gasteiger partial charge in [-0.05, 0) is 31.0 Å². The van der Waals surface area contributed by atoms with Crippen LogP contribution in [0.25, 0.3) is 10.9 Å². The molecule has 28 heavy (non-hydrogen) atoms. The predicted octanol–water partition coefficient (Wildman–Crippen LogP) is 2.51. The summed E-state index contributed by atoms with van der Waals surface area (Å²) in [6.45, 7) is 0.617. The smallest absolute Gasteiger partial charge is 0.296 e. The van der Waals surface area contributed by atoms with E-state index in [9.17, 15) is 22.8 Å². The van der Waals surface area contributed by atoms with Crippen LogP contribution in [0, 0.1) is 0 Å². The van der Waals surface area contributed by atoms with Crippen molar-refractivity contribution in [3.63, 3.8) is 0 Å². The molecule has 3 heterocycles. The Labute approximate surface area is 155 Å². The van der Waals surface area contributed by atoms with Gasteiger partial charge in [0.1, 0.15) is 5.82 Å². The van der Waals surface area contributed by atoms with Crippen LogP contribution in [0.1, 0.15) is 41.3 Å². The zero-order chi connectivity index (χ0) is 19.9. The molecule has 1 aromatic carbocycles. The highest BCUT2D eigenvalue weighted by molar-refractivity contribution is 6.05. The van der Waals surface area contributed by atoms with E-state index < -0.39 is 23.9 Å². The van der Waals surface area contributed by atoms with Gasteiger partial charge in [0.05, 0.1) is 10.9 Å². The average molecular weight is 392 g/mol. The van der Waals surface area contributed by atoms with Crippen molar-refractivity contribution < 1.29 is 18.0 Å². The first-order chi connectivity index (χ1) is 13.3. The zero-order valence-corrected chi connectivity index (χ0v) is 14.5. The first-order valence-corrected chi connectivity index (χ1v) is 8.67. The number of carbonyl (C=O) groups excluding carboxylic acids is 1. The van der Waals surface area contributed by atoms with E-state index >= 15 is 0 Å². The summed E-state index contributed by atoms with van der Waals surface area (Å²) in [6.07, 6.45) is -1.15. The van der Waals surface area contributed by atoms with E-state index in [0.29, 0.717) is 29.7 Å². The Kier molecular flexibility index (Phi) is 4.36. The minimum atomic E-state index is -4.69. The number of carbonyl (C=O) groups is 1. The van der Waals surface area contributed by atoms with Crippen molar-refractivity contribution in [1.29, 1.82) is 0 Å². The van der Waals surface area contributed by atoms with E-state index in [4.69, 9.17) is 0 Å². The van der Waals surface area contributed by atoms with Gasteiger partial charge in [-0.3, -0.25) is 24.6 Å². The largest absolute Gasteiger partial charge is 0.451 e. The van der Waals surface area contributed by atoms with Crippen LogP contribution in [0.2, 0.25) is 0 Å². The summed E-state index contributed by atoms with van der Waals surface area (Å²) in [6, 6.07) is 4.35. The summed E-state index contributed by atoms with van der Waals surface area (Å²) >= 11 is 0. The maximum atomic E-state index is 12.7. The van der Waals surface area contributed by atoms with Crippen LogP contribution in [0.4, 0.5) is 19.1 Å². The third-order valence-corrected chi connectivity index (χ3v) is 4.56. The molecule has 2 N–H and O–H groups in total. The number of aromatic amines is 1. The van der Waals surface area contributed by atoms with Gasteiger partial charge in [-0.25, -0.2) is 4.98 Å². The molecule has 0 atom stereocenters. The predicted molar refractivity (Wildman–Crippen MR) is 92.9 cm³/mol. The third-order valence-electron chi connectivity index (χ3n) is 4.56. The molecule has 0 bridgehead atoms. The van der Waals surface area contributed by atoms with E-state index in [1.165, 1.54) is 18.2 Å². The van der Waals surface area contributed by atoms with Gasteiger partial charge in [-0.15, -0.1) is 5.10 Å². The maximum absolute atomic E-state index is 12.7. The number of anilines is 1. The lowest BCUT2D eigenvalue weighted by molar-refractivity contribution is -0.144. The molecule has 0 unspecified atom stereocenters. The Bertz CT molecular complexity index is 1120. The lowest BCUT2D eigenvalue weighted by atomic mass is 10.1. The standard InChI is InChI=1S/C17H15F3N6O2/c18-17(19,20)15-23-16(25-24-15)22-13(27)9-5-6-10-11(8-9)21-12-4-2-1-3-7-26(12)14(10)28/h5-6,8H,1-4,7H2,(H2,22,23,24,25,27). The van der Waals surface area contributed by atoms with Gasteiger partial charge in [0, 0.05) is 18.5 Å². The number of aryl methyl sites for hydroxylation is 1. The van der Waals surface area contributed by atoms with Crippen molar-refractivity contribution in [1.82, 2.24) is 24.7 Å². The highest BCUT2D eigenvalue weighted by Gasteiger charge is 2.35. The molecular weight excluding hydrogens is 377 g/mol.